The Morgan fingerprint density at radius 1 is 1.12 bits per heavy atom. The van der Waals surface area contributed by atoms with Crippen LogP contribution in [0.15, 0.2) is 30.3 Å². The van der Waals surface area contributed by atoms with E-state index in [1.807, 2.05) is 51.1 Å². The molecule has 6 heteroatoms. The molecule has 140 valence electrons. The first-order chi connectivity index (χ1) is 12.3. The number of nitrogens with one attached hydrogen (secondary N) is 1. The highest BCUT2D eigenvalue weighted by Crippen LogP contribution is 2.29. The lowest BCUT2D eigenvalue weighted by atomic mass is 10.1. The van der Waals surface area contributed by atoms with Gasteiger partial charge in [-0.1, -0.05) is 11.6 Å². The van der Waals surface area contributed by atoms with Crippen molar-refractivity contribution in [3.05, 3.63) is 52.0 Å². The molecule has 1 amide bonds. The summed E-state index contributed by atoms with van der Waals surface area (Å²) in [7, 11) is 3.19. The zero-order valence-electron chi connectivity index (χ0n) is 15.7. The molecule has 0 unspecified atom stereocenters. The summed E-state index contributed by atoms with van der Waals surface area (Å²) in [6.07, 6.45) is 0. The van der Waals surface area contributed by atoms with E-state index < -0.39 is 0 Å². The third-order valence-electron chi connectivity index (χ3n) is 4.05. The first-order valence-corrected chi connectivity index (χ1v) is 8.64. The number of amides is 1. The molecule has 0 saturated carbocycles. The SMILES string of the molecule is COc1ccc(OC)c([C@@H](C)NC(=O)COc2c(C)cc(Cl)cc2C)c1. The molecule has 2 aromatic rings. The molecule has 0 spiro atoms. The number of aryl methyl sites for hydroxylation is 2. The summed E-state index contributed by atoms with van der Waals surface area (Å²) in [4.78, 5) is 12.3. The predicted octanol–water partition coefficient (Wildman–Crippen LogP) is 4.23. The molecule has 0 aliphatic rings. The average molecular weight is 378 g/mol. The van der Waals surface area contributed by atoms with Crippen molar-refractivity contribution in [2.24, 2.45) is 0 Å². The summed E-state index contributed by atoms with van der Waals surface area (Å²) in [6.45, 7) is 5.60. The second-order valence-electron chi connectivity index (χ2n) is 6.05. The molecule has 0 heterocycles. The van der Waals surface area contributed by atoms with E-state index in [0.29, 0.717) is 22.3 Å². The first kappa shape index (κ1) is 19.9. The Kier molecular flexibility index (Phi) is 6.75. The van der Waals surface area contributed by atoms with Gasteiger partial charge in [0.1, 0.15) is 17.2 Å². The van der Waals surface area contributed by atoms with Gasteiger partial charge in [0.2, 0.25) is 0 Å². The molecular formula is C20H24ClNO4. The molecule has 0 fully saturated rings. The van der Waals surface area contributed by atoms with Crippen LogP contribution in [0.3, 0.4) is 0 Å². The van der Waals surface area contributed by atoms with Crippen LogP contribution < -0.4 is 19.5 Å². The van der Waals surface area contributed by atoms with Crippen molar-refractivity contribution in [1.29, 1.82) is 0 Å². The Hall–Kier alpha value is -2.40. The van der Waals surface area contributed by atoms with Crippen LogP contribution in [0.2, 0.25) is 5.02 Å². The minimum atomic E-state index is -0.261. The van der Waals surface area contributed by atoms with Crippen molar-refractivity contribution < 1.29 is 19.0 Å². The van der Waals surface area contributed by atoms with Gasteiger partial charge < -0.3 is 19.5 Å². The van der Waals surface area contributed by atoms with E-state index in [2.05, 4.69) is 5.32 Å². The van der Waals surface area contributed by atoms with E-state index in [-0.39, 0.29) is 18.6 Å². The second-order valence-corrected chi connectivity index (χ2v) is 6.49. The molecule has 0 aromatic heterocycles. The number of rotatable bonds is 7. The van der Waals surface area contributed by atoms with Crippen molar-refractivity contribution in [3.63, 3.8) is 0 Å². The minimum Gasteiger partial charge on any atom is -0.497 e. The molecular weight excluding hydrogens is 354 g/mol. The summed E-state index contributed by atoms with van der Waals surface area (Å²) in [5.41, 5.74) is 2.62. The molecule has 1 atom stereocenters. The number of hydrogen-bond donors (Lipinski definition) is 1. The van der Waals surface area contributed by atoms with Gasteiger partial charge in [-0.2, -0.15) is 0 Å². The molecule has 2 rings (SSSR count). The van der Waals surface area contributed by atoms with E-state index in [9.17, 15) is 4.79 Å². The van der Waals surface area contributed by atoms with E-state index >= 15 is 0 Å². The lowest BCUT2D eigenvalue weighted by Crippen LogP contribution is -2.31. The number of methoxy groups -OCH3 is 2. The smallest absolute Gasteiger partial charge is 0.258 e. The van der Waals surface area contributed by atoms with Gasteiger partial charge in [-0.15, -0.1) is 0 Å². The topological polar surface area (TPSA) is 56.8 Å². The Morgan fingerprint density at radius 3 is 2.35 bits per heavy atom. The average Bonchev–Trinajstić information content (AvgIpc) is 2.60. The molecule has 0 aliphatic carbocycles. The Balaban J connectivity index is 2.04. The van der Waals surface area contributed by atoms with Crippen LogP contribution in [0.5, 0.6) is 17.2 Å². The third-order valence-corrected chi connectivity index (χ3v) is 4.27. The normalized spacial score (nSPS) is 11.6. The van der Waals surface area contributed by atoms with Gasteiger partial charge in [0.15, 0.2) is 6.61 Å². The second kappa shape index (κ2) is 8.81. The molecule has 0 aliphatic heterocycles. The summed E-state index contributed by atoms with van der Waals surface area (Å²) < 4.78 is 16.3. The molecule has 26 heavy (non-hydrogen) atoms. The monoisotopic (exact) mass is 377 g/mol. The van der Waals surface area contributed by atoms with Crippen molar-refractivity contribution >= 4 is 17.5 Å². The maximum absolute atomic E-state index is 12.3. The number of halogens is 1. The zero-order chi connectivity index (χ0) is 19.3. The highest BCUT2D eigenvalue weighted by atomic mass is 35.5. The van der Waals surface area contributed by atoms with Gasteiger partial charge in [0.25, 0.3) is 5.91 Å². The quantitative estimate of drug-likeness (QED) is 0.784. The lowest BCUT2D eigenvalue weighted by Gasteiger charge is -2.19. The summed E-state index contributed by atoms with van der Waals surface area (Å²) >= 11 is 6.02. The van der Waals surface area contributed by atoms with Crippen molar-refractivity contribution in [3.8, 4) is 17.2 Å². The maximum atomic E-state index is 12.3. The summed E-state index contributed by atoms with van der Waals surface area (Å²) in [6, 6.07) is 8.83. The van der Waals surface area contributed by atoms with Crippen LogP contribution in [0.1, 0.15) is 29.7 Å². The number of benzene rings is 2. The molecule has 0 radical (unpaired) electrons. The number of ether oxygens (including phenoxy) is 3. The highest BCUT2D eigenvalue weighted by molar-refractivity contribution is 6.30. The molecule has 1 N–H and O–H groups in total. The summed E-state index contributed by atoms with van der Waals surface area (Å²) in [5, 5.41) is 3.57. The Labute approximate surface area is 159 Å². The van der Waals surface area contributed by atoms with Crippen LogP contribution in [0.25, 0.3) is 0 Å². The highest BCUT2D eigenvalue weighted by Gasteiger charge is 2.16. The maximum Gasteiger partial charge on any atom is 0.258 e. The fraction of sp³-hybridized carbons (Fsp3) is 0.350. The molecule has 2 aromatic carbocycles. The van der Waals surface area contributed by atoms with Gasteiger partial charge in [0, 0.05) is 10.6 Å². The minimum absolute atomic E-state index is 0.0834. The van der Waals surface area contributed by atoms with Crippen molar-refractivity contribution in [2.45, 2.75) is 26.8 Å². The zero-order valence-corrected chi connectivity index (χ0v) is 16.4. The van der Waals surface area contributed by atoms with Crippen LogP contribution in [-0.4, -0.2) is 26.7 Å². The third kappa shape index (κ3) is 4.82. The molecule has 0 saturated heterocycles. The Morgan fingerprint density at radius 2 is 1.77 bits per heavy atom. The fourth-order valence-electron chi connectivity index (χ4n) is 2.80. The molecule has 5 nitrogen and oxygen atoms in total. The van der Waals surface area contributed by atoms with E-state index in [0.717, 1.165) is 16.7 Å². The number of carbonyl (C=O) groups is 1. The van der Waals surface area contributed by atoms with Gasteiger partial charge >= 0.3 is 0 Å². The Bertz CT molecular complexity index is 768. The van der Waals surface area contributed by atoms with E-state index in [4.69, 9.17) is 25.8 Å². The van der Waals surface area contributed by atoms with Crippen LogP contribution in [-0.2, 0) is 4.79 Å². The molecule has 0 bridgehead atoms. The number of hydrogen-bond acceptors (Lipinski definition) is 4. The van der Waals surface area contributed by atoms with E-state index in [1.165, 1.54) is 0 Å². The van der Waals surface area contributed by atoms with Crippen LogP contribution in [0.4, 0.5) is 0 Å². The van der Waals surface area contributed by atoms with Crippen molar-refractivity contribution in [2.75, 3.05) is 20.8 Å². The predicted molar refractivity (Wildman–Crippen MR) is 103 cm³/mol. The van der Waals surface area contributed by atoms with Gasteiger partial charge in [-0.05, 0) is 62.2 Å². The summed E-state index contributed by atoms with van der Waals surface area (Å²) in [5.74, 6) is 1.83. The van der Waals surface area contributed by atoms with Gasteiger partial charge in [-0.3, -0.25) is 4.79 Å². The van der Waals surface area contributed by atoms with Crippen LogP contribution in [0, 0.1) is 13.8 Å². The standard InChI is InChI=1S/C20H24ClNO4/c1-12-8-15(21)9-13(2)20(12)26-11-19(23)22-14(3)17-10-16(24-4)6-7-18(17)25-5/h6-10,14H,11H2,1-5H3,(H,22,23)/t14-/m1/s1. The van der Waals surface area contributed by atoms with Gasteiger partial charge in [0.05, 0.1) is 20.3 Å². The first-order valence-electron chi connectivity index (χ1n) is 8.26. The number of carbonyl (C=O) groups excluding carboxylic acids is 1. The largest absolute Gasteiger partial charge is 0.497 e. The lowest BCUT2D eigenvalue weighted by molar-refractivity contribution is -0.123. The van der Waals surface area contributed by atoms with Crippen LogP contribution >= 0.6 is 11.6 Å². The van der Waals surface area contributed by atoms with Crippen molar-refractivity contribution in [1.82, 2.24) is 5.32 Å². The fourth-order valence-corrected chi connectivity index (χ4v) is 3.13. The van der Waals surface area contributed by atoms with Gasteiger partial charge in [-0.25, -0.2) is 0 Å². The van der Waals surface area contributed by atoms with E-state index in [1.54, 1.807) is 14.2 Å².